The second kappa shape index (κ2) is 7.62. The lowest BCUT2D eigenvalue weighted by Crippen LogP contribution is -2.29. The number of likely N-dealkylation sites (N-methyl/N-ethyl adjacent to an activating group) is 1. The van der Waals surface area contributed by atoms with Crippen LogP contribution in [0.3, 0.4) is 0 Å². The standard InChI is InChI=1S/C15H18BrNO5/c1-17(3-4-18)15(19)10-7-12(21-6-5-20-2)11-9-14(16)22-13(11)8-10/h7-9,18H,3-6H2,1-2H3. The van der Waals surface area contributed by atoms with Crippen molar-refractivity contribution in [3.63, 3.8) is 0 Å². The molecule has 1 aromatic carbocycles. The Labute approximate surface area is 136 Å². The van der Waals surface area contributed by atoms with Crippen molar-refractivity contribution in [3.05, 3.63) is 28.4 Å². The molecule has 0 aliphatic rings. The predicted molar refractivity (Wildman–Crippen MR) is 85.3 cm³/mol. The molecule has 2 rings (SSSR count). The summed E-state index contributed by atoms with van der Waals surface area (Å²) < 4.78 is 16.7. The Hall–Kier alpha value is -1.57. The Morgan fingerprint density at radius 2 is 2.14 bits per heavy atom. The van der Waals surface area contributed by atoms with E-state index in [0.29, 0.717) is 34.8 Å². The zero-order valence-corrected chi connectivity index (χ0v) is 14.1. The van der Waals surface area contributed by atoms with Crippen LogP contribution < -0.4 is 4.74 Å². The molecule has 6 nitrogen and oxygen atoms in total. The van der Waals surface area contributed by atoms with Gasteiger partial charge in [-0.25, -0.2) is 0 Å². The summed E-state index contributed by atoms with van der Waals surface area (Å²) in [6.07, 6.45) is 0. The van der Waals surface area contributed by atoms with Crippen LogP contribution in [0.5, 0.6) is 5.75 Å². The number of aliphatic hydroxyl groups excluding tert-OH is 1. The molecule has 0 atom stereocenters. The molecule has 0 radical (unpaired) electrons. The molecule has 0 saturated heterocycles. The molecule has 7 heteroatoms. The van der Waals surface area contributed by atoms with Crippen LogP contribution in [-0.2, 0) is 4.74 Å². The van der Waals surface area contributed by atoms with E-state index in [0.717, 1.165) is 5.39 Å². The Balaban J connectivity index is 2.36. The van der Waals surface area contributed by atoms with E-state index in [9.17, 15) is 4.79 Å². The fourth-order valence-electron chi connectivity index (χ4n) is 2.03. The first kappa shape index (κ1) is 16.8. The minimum absolute atomic E-state index is 0.0893. The van der Waals surface area contributed by atoms with Crippen LogP contribution in [0, 0.1) is 0 Å². The van der Waals surface area contributed by atoms with Gasteiger partial charge in [0.25, 0.3) is 5.91 Å². The maximum atomic E-state index is 12.3. The summed E-state index contributed by atoms with van der Waals surface area (Å²) in [5, 5.41) is 9.73. The van der Waals surface area contributed by atoms with E-state index in [4.69, 9.17) is 19.0 Å². The number of furan rings is 1. The third-order valence-corrected chi connectivity index (χ3v) is 3.53. The summed E-state index contributed by atoms with van der Waals surface area (Å²) in [6.45, 7) is 0.994. The Morgan fingerprint density at radius 3 is 2.82 bits per heavy atom. The minimum Gasteiger partial charge on any atom is -0.490 e. The average molecular weight is 372 g/mol. The topological polar surface area (TPSA) is 72.1 Å². The van der Waals surface area contributed by atoms with Crippen LogP contribution in [0.1, 0.15) is 10.4 Å². The van der Waals surface area contributed by atoms with Crippen LogP contribution in [0.2, 0.25) is 0 Å². The van der Waals surface area contributed by atoms with E-state index >= 15 is 0 Å². The first-order valence-electron chi connectivity index (χ1n) is 6.78. The second-order valence-corrected chi connectivity index (χ2v) is 5.51. The van der Waals surface area contributed by atoms with Crippen LogP contribution in [0.4, 0.5) is 0 Å². The van der Waals surface area contributed by atoms with Gasteiger partial charge in [0.05, 0.1) is 18.6 Å². The van der Waals surface area contributed by atoms with Gasteiger partial charge in [0.1, 0.15) is 17.9 Å². The van der Waals surface area contributed by atoms with Crippen molar-refractivity contribution < 1.29 is 23.8 Å². The number of amides is 1. The molecular formula is C15H18BrNO5. The van der Waals surface area contributed by atoms with E-state index in [1.807, 2.05) is 0 Å². The molecule has 0 spiro atoms. The highest BCUT2D eigenvalue weighted by Gasteiger charge is 2.17. The van der Waals surface area contributed by atoms with Crippen LogP contribution in [-0.4, -0.2) is 56.4 Å². The van der Waals surface area contributed by atoms with Crippen molar-refractivity contribution in [2.24, 2.45) is 0 Å². The highest BCUT2D eigenvalue weighted by molar-refractivity contribution is 9.10. The maximum absolute atomic E-state index is 12.3. The van der Waals surface area contributed by atoms with Gasteiger partial charge in [-0.15, -0.1) is 0 Å². The minimum atomic E-state index is -0.208. The molecular weight excluding hydrogens is 354 g/mol. The third-order valence-electron chi connectivity index (χ3n) is 3.14. The third kappa shape index (κ3) is 3.79. The van der Waals surface area contributed by atoms with Crippen molar-refractivity contribution in [3.8, 4) is 5.75 Å². The van der Waals surface area contributed by atoms with E-state index < -0.39 is 0 Å². The van der Waals surface area contributed by atoms with Gasteiger partial charge in [0, 0.05) is 32.3 Å². The predicted octanol–water partition coefficient (Wildman–Crippen LogP) is 2.28. The highest BCUT2D eigenvalue weighted by Crippen LogP contribution is 2.33. The van der Waals surface area contributed by atoms with Gasteiger partial charge in [-0.1, -0.05) is 0 Å². The summed E-state index contributed by atoms with van der Waals surface area (Å²) in [5.74, 6) is 0.352. The van der Waals surface area contributed by atoms with Crippen molar-refractivity contribution in [1.29, 1.82) is 0 Å². The van der Waals surface area contributed by atoms with E-state index in [-0.39, 0.29) is 19.1 Å². The van der Waals surface area contributed by atoms with E-state index in [1.165, 1.54) is 4.90 Å². The lowest BCUT2D eigenvalue weighted by Gasteiger charge is -2.16. The number of methoxy groups -OCH3 is 1. The molecule has 0 fully saturated rings. The lowest BCUT2D eigenvalue weighted by molar-refractivity contribution is 0.0766. The highest BCUT2D eigenvalue weighted by atomic mass is 79.9. The fraction of sp³-hybridized carbons (Fsp3) is 0.400. The van der Waals surface area contributed by atoms with Gasteiger partial charge in [-0.2, -0.15) is 0 Å². The monoisotopic (exact) mass is 371 g/mol. The molecule has 1 N–H and O–H groups in total. The van der Waals surface area contributed by atoms with E-state index in [2.05, 4.69) is 15.9 Å². The van der Waals surface area contributed by atoms with Crippen LogP contribution in [0.25, 0.3) is 11.0 Å². The summed E-state index contributed by atoms with van der Waals surface area (Å²) in [6, 6.07) is 5.14. The summed E-state index contributed by atoms with van der Waals surface area (Å²) in [7, 11) is 3.23. The molecule has 0 aliphatic heterocycles. The molecule has 0 bridgehead atoms. The lowest BCUT2D eigenvalue weighted by atomic mass is 10.1. The SMILES string of the molecule is COCCOc1cc(C(=O)N(C)CCO)cc2oc(Br)cc12. The van der Waals surface area contributed by atoms with Gasteiger partial charge >= 0.3 is 0 Å². The number of hydrogen-bond acceptors (Lipinski definition) is 5. The number of halogens is 1. The van der Waals surface area contributed by atoms with Crippen LogP contribution in [0.15, 0.2) is 27.3 Å². The molecule has 120 valence electrons. The first-order chi connectivity index (χ1) is 10.6. The Kier molecular flexibility index (Phi) is 5.82. The van der Waals surface area contributed by atoms with Gasteiger partial charge in [0.2, 0.25) is 0 Å². The molecule has 0 unspecified atom stereocenters. The molecule has 22 heavy (non-hydrogen) atoms. The maximum Gasteiger partial charge on any atom is 0.253 e. The summed E-state index contributed by atoms with van der Waals surface area (Å²) >= 11 is 3.28. The number of carbonyl (C=O) groups is 1. The molecule has 1 heterocycles. The zero-order chi connectivity index (χ0) is 16.1. The number of aliphatic hydroxyl groups is 1. The van der Waals surface area contributed by atoms with Crippen molar-refractivity contribution in [2.45, 2.75) is 0 Å². The number of rotatable bonds is 7. The van der Waals surface area contributed by atoms with Gasteiger partial charge in [-0.05, 0) is 28.1 Å². The summed E-state index contributed by atoms with van der Waals surface area (Å²) in [4.78, 5) is 13.8. The quantitative estimate of drug-likeness (QED) is 0.755. The number of hydrogen-bond donors (Lipinski definition) is 1. The normalized spacial score (nSPS) is 10.9. The molecule has 0 saturated carbocycles. The average Bonchev–Trinajstić information content (AvgIpc) is 2.87. The van der Waals surface area contributed by atoms with Crippen molar-refractivity contribution in [1.82, 2.24) is 4.90 Å². The van der Waals surface area contributed by atoms with E-state index in [1.54, 1.807) is 32.4 Å². The number of carbonyl (C=O) groups excluding carboxylic acids is 1. The van der Waals surface area contributed by atoms with Crippen LogP contribution >= 0.6 is 15.9 Å². The van der Waals surface area contributed by atoms with Gasteiger partial charge in [0.15, 0.2) is 4.67 Å². The summed E-state index contributed by atoms with van der Waals surface area (Å²) in [5.41, 5.74) is 1.00. The van der Waals surface area contributed by atoms with Gasteiger partial charge in [-0.3, -0.25) is 4.79 Å². The second-order valence-electron chi connectivity index (χ2n) is 4.73. The Morgan fingerprint density at radius 1 is 1.36 bits per heavy atom. The number of benzene rings is 1. The number of nitrogens with zero attached hydrogens (tertiary/aromatic N) is 1. The largest absolute Gasteiger partial charge is 0.490 e. The first-order valence-corrected chi connectivity index (χ1v) is 7.57. The Bertz CT molecular complexity index is 655. The van der Waals surface area contributed by atoms with Crippen molar-refractivity contribution >= 4 is 32.8 Å². The molecule has 1 aromatic heterocycles. The molecule has 2 aromatic rings. The molecule has 1 amide bonds. The smallest absolute Gasteiger partial charge is 0.253 e. The number of ether oxygens (including phenoxy) is 2. The molecule has 0 aliphatic carbocycles. The van der Waals surface area contributed by atoms with Crippen molar-refractivity contribution in [2.75, 3.05) is 40.5 Å². The van der Waals surface area contributed by atoms with Gasteiger partial charge < -0.3 is 23.9 Å². The zero-order valence-electron chi connectivity index (χ0n) is 12.5. The fourth-order valence-corrected chi connectivity index (χ4v) is 2.43. The number of fused-ring (bicyclic) bond motifs is 1.